The number of carbonyl (C=O) groups is 1. The highest BCUT2D eigenvalue weighted by Crippen LogP contribution is 2.26. The van der Waals surface area contributed by atoms with Crippen molar-refractivity contribution in [2.75, 3.05) is 36.4 Å². The van der Waals surface area contributed by atoms with Crippen molar-refractivity contribution in [3.8, 4) is 0 Å². The molecule has 0 bridgehead atoms. The van der Waals surface area contributed by atoms with Gasteiger partial charge < -0.3 is 15.1 Å². The van der Waals surface area contributed by atoms with Crippen molar-refractivity contribution in [3.63, 3.8) is 0 Å². The number of hydrogen-bond acceptors (Lipinski definition) is 6. The molecule has 1 aromatic heterocycles. The molecule has 0 unspecified atom stereocenters. The predicted molar refractivity (Wildman–Crippen MR) is 132 cm³/mol. The van der Waals surface area contributed by atoms with Crippen molar-refractivity contribution in [2.24, 2.45) is 0 Å². The second-order valence-electron chi connectivity index (χ2n) is 8.17. The highest BCUT2D eigenvalue weighted by Gasteiger charge is 2.25. The average Bonchev–Trinajstić information content (AvgIpc) is 2.82. The Bertz CT molecular complexity index is 1190. The van der Waals surface area contributed by atoms with E-state index in [0.717, 1.165) is 22.6 Å². The molecule has 3 aromatic rings. The molecule has 1 aliphatic rings. The van der Waals surface area contributed by atoms with Crippen molar-refractivity contribution >= 4 is 34.8 Å². The average molecular weight is 481 g/mol. The number of non-ortho nitro benzene ring substituents is 1. The maximum atomic E-state index is 12.7. The molecule has 0 aliphatic carbocycles. The van der Waals surface area contributed by atoms with E-state index < -0.39 is 4.92 Å². The molecule has 2 heterocycles. The van der Waals surface area contributed by atoms with Gasteiger partial charge in [0.1, 0.15) is 11.6 Å². The lowest BCUT2D eigenvalue weighted by Gasteiger charge is -2.36. The van der Waals surface area contributed by atoms with Crippen LogP contribution in [0.5, 0.6) is 0 Å². The first-order valence-corrected chi connectivity index (χ1v) is 11.3. The van der Waals surface area contributed by atoms with E-state index in [-0.39, 0.29) is 11.7 Å². The van der Waals surface area contributed by atoms with Crippen LogP contribution in [0.1, 0.15) is 22.6 Å². The molecular formula is C24H25ClN6O3. The molecule has 0 spiro atoms. The molecule has 0 radical (unpaired) electrons. The summed E-state index contributed by atoms with van der Waals surface area (Å²) < 4.78 is 0. The molecule has 10 heteroatoms. The summed E-state index contributed by atoms with van der Waals surface area (Å²) in [7, 11) is 0. The van der Waals surface area contributed by atoms with Crippen LogP contribution < -0.4 is 10.2 Å². The molecule has 1 aliphatic heterocycles. The molecule has 9 nitrogen and oxygen atoms in total. The first-order valence-electron chi connectivity index (χ1n) is 10.9. The van der Waals surface area contributed by atoms with Gasteiger partial charge in [0, 0.05) is 66.7 Å². The number of hydrogen-bond donors (Lipinski definition) is 1. The maximum absolute atomic E-state index is 12.7. The smallest absolute Gasteiger partial charge is 0.321 e. The van der Waals surface area contributed by atoms with E-state index in [1.54, 1.807) is 4.90 Å². The monoisotopic (exact) mass is 480 g/mol. The number of aryl methyl sites for hydroxylation is 2. The number of halogens is 1. The first-order chi connectivity index (χ1) is 16.3. The van der Waals surface area contributed by atoms with Gasteiger partial charge in [-0.25, -0.2) is 14.8 Å². The number of nitrogens with zero attached hydrogens (tertiary/aromatic N) is 5. The number of urea groups is 1. The van der Waals surface area contributed by atoms with E-state index in [4.69, 9.17) is 16.6 Å². The van der Waals surface area contributed by atoms with Crippen molar-refractivity contribution in [2.45, 2.75) is 20.3 Å². The topological polar surface area (TPSA) is 105 Å². The van der Waals surface area contributed by atoms with Gasteiger partial charge in [-0.2, -0.15) is 0 Å². The Labute approximate surface area is 202 Å². The van der Waals surface area contributed by atoms with Crippen LogP contribution in [0, 0.1) is 24.0 Å². The number of benzene rings is 2. The van der Waals surface area contributed by atoms with Crippen molar-refractivity contribution in [1.29, 1.82) is 0 Å². The molecule has 1 fully saturated rings. The Balaban J connectivity index is 1.43. The summed E-state index contributed by atoms with van der Waals surface area (Å²) >= 11 is 6.03. The van der Waals surface area contributed by atoms with Crippen LogP contribution in [0.2, 0.25) is 5.02 Å². The SMILES string of the molecule is Cc1nc(C)c(Cc2ccc(Cl)cc2)c(N2CCN(C(=O)Nc3ccc([N+](=O)[O-])cc3)CC2)n1. The molecule has 0 atom stereocenters. The third kappa shape index (κ3) is 5.43. The predicted octanol–water partition coefficient (Wildman–Crippen LogP) is 4.60. The van der Waals surface area contributed by atoms with Crippen LogP contribution in [0.4, 0.5) is 22.0 Å². The van der Waals surface area contributed by atoms with Gasteiger partial charge in [-0.15, -0.1) is 0 Å². The van der Waals surface area contributed by atoms with E-state index in [1.807, 2.05) is 38.1 Å². The third-order valence-corrected chi connectivity index (χ3v) is 6.05. The number of nitrogens with one attached hydrogen (secondary N) is 1. The second-order valence-corrected chi connectivity index (χ2v) is 8.61. The van der Waals surface area contributed by atoms with Crippen LogP contribution in [0.3, 0.4) is 0 Å². The minimum Gasteiger partial charge on any atom is -0.353 e. The molecule has 0 saturated carbocycles. The van der Waals surface area contributed by atoms with Crippen molar-refractivity contribution < 1.29 is 9.72 Å². The molecule has 1 N–H and O–H groups in total. The fraction of sp³-hybridized carbons (Fsp3) is 0.292. The van der Waals surface area contributed by atoms with E-state index in [1.165, 1.54) is 24.3 Å². The lowest BCUT2D eigenvalue weighted by molar-refractivity contribution is -0.384. The fourth-order valence-corrected chi connectivity index (χ4v) is 4.11. The molecule has 2 aromatic carbocycles. The minimum absolute atomic E-state index is 0.0172. The highest BCUT2D eigenvalue weighted by molar-refractivity contribution is 6.30. The molecule has 34 heavy (non-hydrogen) atoms. The Morgan fingerprint density at radius 3 is 2.29 bits per heavy atom. The Kier molecular flexibility index (Phi) is 6.93. The summed E-state index contributed by atoms with van der Waals surface area (Å²) in [5.41, 5.74) is 3.64. The number of carbonyl (C=O) groups excluding carboxylic acids is 1. The first kappa shape index (κ1) is 23.4. The number of nitro groups is 1. The number of aromatic nitrogens is 2. The summed E-state index contributed by atoms with van der Waals surface area (Å²) in [5.74, 6) is 1.61. The zero-order valence-corrected chi connectivity index (χ0v) is 19.7. The van der Waals surface area contributed by atoms with E-state index in [9.17, 15) is 14.9 Å². The minimum atomic E-state index is -0.470. The normalized spacial score (nSPS) is 13.6. The number of anilines is 2. The van der Waals surface area contributed by atoms with E-state index >= 15 is 0 Å². The summed E-state index contributed by atoms with van der Waals surface area (Å²) in [5, 5.41) is 14.3. The molecule has 1 saturated heterocycles. The largest absolute Gasteiger partial charge is 0.353 e. The summed E-state index contributed by atoms with van der Waals surface area (Å²) in [6.07, 6.45) is 0.694. The molecule has 2 amide bonds. The van der Waals surface area contributed by atoms with Crippen LogP contribution in [0.15, 0.2) is 48.5 Å². The Morgan fingerprint density at radius 2 is 1.68 bits per heavy atom. The van der Waals surface area contributed by atoms with Crippen LogP contribution >= 0.6 is 11.6 Å². The van der Waals surface area contributed by atoms with E-state index in [2.05, 4.69) is 15.2 Å². The zero-order chi connectivity index (χ0) is 24.2. The van der Waals surface area contributed by atoms with Gasteiger partial charge in [-0.3, -0.25) is 10.1 Å². The molecule has 4 rings (SSSR count). The van der Waals surface area contributed by atoms with E-state index in [0.29, 0.717) is 49.1 Å². The summed E-state index contributed by atoms with van der Waals surface area (Å²) in [6.45, 7) is 6.21. The van der Waals surface area contributed by atoms with Crippen LogP contribution in [0.25, 0.3) is 0 Å². The van der Waals surface area contributed by atoms with Gasteiger partial charge >= 0.3 is 6.03 Å². The third-order valence-electron chi connectivity index (χ3n) is 5.79. The molecule has 176 valence electrons. The highest BCUT2D eigenvalue weighted by atomic mass is 35.5. The fourth-order valence-electron chi connectivity index (χ4n) is 3.98. The number of rotatable bonds is 5. The van der Waals surface area contributed by atoms with Gasteiger partial charge in [-0.1, -0.05) is 23.7 Å². The quantitative estimate of drug-likeness (QED) is 0.422. The standard InChI is InChI=1S/C24H25ClN6O3/c1-16-22(15-18-3-5-19(25)6-4-18)23(27-17(2)26-16)29-11-13-30(14-12-29)24(32)28-20-7-9-21(10-8-20)31(33)34/h3-10H,11-15H2,1-2H3,(H,28,32). The number of amides is 2. The maximum Gasteiger partial charge on any atom is 0.321 e. The van der Waals surface area contributed by atoms with Gasteiger partial charge in [0.2, 0.25) is 0 Å². The lowest BCUT2D eigenvalue weighted by Crippen LogP contribution is -2.50. The second kappa shape index (κ2) is 10.0. The number of piperazine rings is 1. The van der Waals surface area contributed by atoms with Gasteiger partial charge in [0.15, 0.2) is 0 Å². The zero-order valence-electron chi connectivity index (χ0n) is 19.0. The van der Waals surface area contributed by atoms with Gasteiger partial charge in [0.05, 0.1) is 4.92 Å². The van der Waals surface area contributed by atoms with Crippen molar-refractivity contribution in [3.05, 3.63) is 86.3 Å². The van der Waals surface area contributed by atoms with Crippen LogP contribution in [-0.2, 0) is 6.42 Å². The Morgan fingerprint density at radius 1 is 1.03 bits per heavy atom. The summed E-state index contributed by atoms with van der Waals surface area (Å²) in [4.78, 5) is 36.3. The van der Waals surface area contributed by atoms with Crippen molar-refractivity contribution in [1.82, 2.24) is 14.9 Å². The number of nitro benzene ring substituents is 1. The Hall–Kier alpha value is -3.72. The lowest BCUT2D eigenvalue weighted by atomic mass is 10.0. The summed E-state index contributed by atoms with van der Waals surface area (Å²) in [6, 6.07) is 13.3. The van der Waals surface area contributed by atoms with Crippen LogP contribution in [-0.4, -0.2) is 52.0 Å². The van der Waals surface area contributed by atoms with Gasteiger partial charge in [-0.05, 0) is 43.7 Å². The molecular weight excluding hydrogens is 456 g/mol. The van der Waals surface area contributed by atoms with Gasteiger partial charge in [0.25, 0.3) is 5.69 Å².